The van der Waals surface area contributed by atoms with Gasteiger partial charge in [-0.3, -0.25) is 4.90 Å². The monoisotopic (exact) mass is 259 g/mol. The number of para-hydroxylation sites is 1. The molecule has 1 heterocycles. The van der Waals surface area contributed by atoms with Crippen LogP contribution in [0, 0.1) is 0 Å². The number of rotatable bonds is 4. The van der Waals surface area contributed by atoms with Crippen LogP contribution in [-0.2, 0) is 0 Å². The molecule has 3 nitrogen and oxygen atoms in total. The van der Waals surface area contributed by atoms with Crippen LogP contribution in [0.5, 0.6) is 0 Å². The van der Waals surface area contributed by atoms with Gasteiger partial charge in [-0.2, -0.15) is 0 Å². The summed E-state index contributed by atoms with van der Waals surface area (Å²) in [5, 5.41) is 0. The van der Waals surface area contributed by atoms with Crippen molar-refractivity contribution in [3.63, 3.8) is 0 Å². The van der Waals surface area contributed by atoms with Gasteiger partial charge in [0.1, 0.15) is 0 Å². The molecule has 2 N–H and O–H groups in total. The molecule has 19 heavy (non-hydrogen) atoms. The van der Waals surface area contributed by atoms with Crippen LogP contribution >= 0.6 is 0 Å². The molecule has 1 atom stereocenters. The summed E-state index contributed by atoms with van der Waals surface area (Å²) in [5.41, 5.74) is 8.91. The van der Waals surface area contributed by atoms with Crippen molar-refractivity contribution in [3.05, 3.63) is 29.8 Å². The SMILES string of the molecule is CCC(N)c1ccccc1N1CCN(C2CC2)CC1. The fourth-order valence-corrected chi connectivity index (χ4v) is 3.08. The molecular formula is C16H25N3. The summed E-state index contributed by atoms with van der Waals surface area (Å²) < 4.78 is 0. The second-order valence-electron chi connectivity index (χ2n) is 5.83. The zero-order valence-electron chi connectivity index (χ0n) is 11.9. The lowest BCUT2D eigenvalue weighted by molar-refractivity contribution is 0.248. The number of hydrogen-bond acceptors (Lipinski definition) is 3. The molecule has 1 aliphatic heterocycles. The topological polar surface area (TPSA) is 32.5 Å². The second kappa shape index (κ2) is 5.51. The van der Waals surface area contributed by atoms with Gasteiger partial charge >= 0.3 is 0 Å². The van der Waals surface area contributed by atoms with E-state index in [0.717, 1.165) is 25.6 Å². The Morgan fingerprint density at radius 3 is 2.47 bits per heavy atom. The summed E-state index contributed by atoms with van der Waals surface area (Å²) in [7, 11) is 0. The van der Waals surface area contributed by atoms with Crippen molar-refractivity contribution in [1.82, 2.24) is 4.90 Å². The highest BCUT2D eigenvalue weighted by Crippen LogP contribution is 2.31. The van der Waals surface area contributed by atoms with Crippen LogP contribution in [0.1, 0.15) is 37.8 Å². The van der Waals surface area contributed by atoms with Crippen molar-refractivity contribution in [2.24, 2.45) is 5.73 Å². The summed E-state index contributed by atoms with van der Waals surface area (Å²) in [6.07, 6.45) is 3.83. The Hall–Kier alpha value is -1.06. The molecule has 0 aromatic heterocycles. The maximum absolute atomic E-state index is 6.25. The number of piperazine rings is 1. The Morgan fingerprint density at radius 2 is 1.84 bits per heavy atom. The van der Waals surface area contributed by atoms with Crippen molar-refractivity contribution in [2.45, 2.75) is 38.3 Å². The molecule has 104 valence electrons. The van der Waals surface area contributed by atoms with Crippen LogP contribution in [-0.4, -0.2) is 37.1 Å². The summed E-state index contributed by atoms with van der Waals surface area (Å²) in [6, 6.07) is 9.73. The number of nitrogens with two attached hydrogens (primary N) is 1. The molecule has 2 fully saturated rings. The van der Waals surface area contributed by atoms with E-state index in [9.17, 15) is 0 Å². The first-order valence-corrected chi connectivity index (χ1v) is 7.63. The molecule has 1 aromatic carbocycles. The Kier molecular flexibility index (Phi) is 3.76. The van der Waals surface area contributed by atoms with Gasteiger partial charge in [-0.05, 0) is 30.9 Å². The maximum atomic E-state index is 6.25. The molecule has 0 bridgehead atoms. The minimum absolute atomic E-state index is 0.165. The normalized spacial score (nSPS) is 22.5. The van der Waals surface area contributed by atoms with Gasteiger partial charge < -0.3 is 10.6 Å². The van der Waals surface area contributed by atoms with Gasteiger partial charge in [0.25, 0.3) is 0 Å². The average Bonchev–Trinajstić information content (AvgIpc) is 3.31. The minimum Gasteiger partial charge on any atom is -0.369 e. The van der Waals surface area contributed by atoms with Crippen molar-refractivity contribution >= 4 is 5.69 Å². The van der Waals surface area contributed by atoms with E-state index in [1.54, 1.807) is 0 Å². The lowest BCUT2D eigenvalue weighted by Crippen LogP contribution is -2.47. The highest BCUT2D eigenvalue weighted by atomic mass is 15.3. The predicted molar refractivity (Wildman–Crippen MR) is 80.5 cm³/mol. The Labute approximate surface area is 116 Å². The van der Waals surface area contributed by atoms with Crippen LogP contribution in [0.4, 0.5) is 5.69 Å². The third-order valence-corrected chi connectivity index (χ3v) is 4.49. The van der Waals surface area contributed by atoms with Crippen LogP contribution in [0.2, 0.25) is 0 Å². The first-order chi connectivity index (χ1) is 9.29. The molecule has 1 aliphatic carbocycles. The molecule has 1 unspecified atom stereocenters. The van der Waals surface area contributed by atoms with Crippen molar-refractivity contribution in [2.75, 3.05) is 31.1 Å². The third-order valence-electron chi connectivity index (χ3n) is 4.49. The first kappa shape index (κ1) is 12.9. The van der Waals surface area contributed by atoms with E-state index in [1.165, 1.54) is 37.2 Å². The van der Waals surface area contributed by atoms with E-state index in [2.05, 4.69) is 41.0 Å². The van der Waals surface area contributed by atoms with E-state index in [-0.39, 0.29) is 6.04 Å². The van der Waals surface area contributed by atoms with Crippen LogP contribution in [0.3, 0.4) is 0 Å². The molecule has 2 aliphatic rings. The van der Waals surface area contributed by atoms with Gasteiger partial charge in [0.2, 0.25) is 0 Å². The van der Waals surface area contributed by atoms with E-state index >= 15 is 0 Å². The van der Waals surface area contributed by atoms with Crippen molar-refractivity contribution in [3.8, 4) is 0 Å². The van der Waals surface area contributed by atoms with Gasteiger partial charge in [-0.15, -0.1) is 0 Å². The van der Waals surface area contributed by atoms with E-state index < -0.39 is 0 Å². The van der Waals surface area contributed by atoms with Crippen LogP contribution in [0.25, 0.3) is 0 Å². The Morgan fingerprint density at radius 1 is 1.16 bits per heavy atom. The summed E-state index contributed by atoms with van der Waals surface area (Å²) >= 11 is 0. The van der Waals surface area contributed by atoms with Gasteiger partial charge in [0.05, 0.1) is 0 Å². The van der Waals surface area contributed by atoms with E-state index in [1.807, 2.05) is 0 Å². The fourth-order valence-electron chi connectivity index (χ4n) is 3.08. The van der Waals surface area contributed by atoms with Crippen molar-refractivity contribution < 1.29 is 0 Å². The molecule has 3 rings (SSSR count). The maximum Gasteiger partial charge on any atom is 0.0415 e. The number of nitrogens with zero attached hydrogens (tertiary/aromatic N) is 2. The van der Waals surface area contributed by atoms with Crippen LogP contribution in [0.15, 0.2) is 24.3 Å². The lowest BCUT2D eigenvalue weighted by Gasteiger charge is -2.37. The van der Waals surface area contributed by atoms with Gasteiger partial charge in [0, 0.05) is 44.0 Å². The lowest BCUT2D eigenvalue weighted by atomic mass is 10.0. The molecule has 3 heteroatoms. The Balaban J connectivity index is 1.71. The number of anilines is 1. The van der Waals surface area contributed by atoms with E-state index in [0.29, 0.717) is 0 Å². The van der Waals surface area contributed by atoms with Crippen LogP contribution < -0.4 is 10.6 Å². The molecule has 0 spiro atoms. The summed E-state index contributed by atoms with van der Waals surface area (Å²) in [5.74, 6) is 0. The zero-order valence-corrected chi connectivity index (χ0v) is 11.9. The highest BCUT2D eigenvalue weighted by Gasteiger charge is 2.31. The highest BCUT2D eigenvalue weighted by molar-refractivity contribution is 5.55. The van der Waals surface area contributed by atoms with Gasteiger partial charge in [-0.25, -0.2) is 0 Å². The molecule has 1 saturated carbocycles. The second-order valence-corrected chi connectivity index (χ2v) is 5.83. The number of benzene rings is 1. The predicted octanol–water partition coefficient (Wildman–Crippen LogP) is 2.38. The zero-order chi connectivity index (χ0) is 13.2. The largest absolute Gasteiger partial charge is 0.369 e. The van der Waals surface area contributed by atoms with E-state index in [4.69, 9.17) is 5.73 Å². The average molecular weight is 259 g/mol. The molecule has 0 amide bonds. The minimum atomic E-state index is 0.165. The summed E-state index contributed by atoms with van der Waals surface area (Å²) in [6.45, 7) is 6.86. The quantitative estimate of drug-likeness (QED) is 0.901. The van der Waals surface area contributed by atoms with Crippen molar-refractivity contribution in [1.29, 1.82) is 0 Å². The molecule has 0 radical (unpaired) electrons. The first-order valence-electron chi connectivity index (χ1n) is 7.63. The molecule has 1 aromatic rings. The Bertz CT molecular complexity index is 420. The fraction of sp³-hybridized carbons (Fsp3) is 0.625. The van der Waals surface area contributed by atoms with Gasteiger partial charge in [-0.1, -0.05) is 25.1 Å². The molecular weight excluding hydrogens is 234 g/mol. The smallest absolute Gasteiger partial charge is 0.0415 e. The third kappa shape index (κ3) is 2.77. The summed E-state index contributed by atoms with van der Waals surface area (Å²) in [4.78, 5) is 5.17. The van der Waals surface area contributed by atoms with Gasteiger partial charge in [0.15, 0.2) is 0 Å². The molecule has 1 saturated heterocycles. The number of hydrogen-bond donors (Lipinski definition) is 1. The standard InChI is InChI=1S/C16H25N3/c1-2-15(17)14-5-3-4-6-16(14)19-11-9-18(10-12-19)13-7-8-13/h3-6,13,15H,2,7-12,17H2,1H3.